The van der Waals surface area contributed by atoms with Crippen LogP contribution >= 0.6 is 0 Å². The second-order valence-corrected chi connectivity index (χ2v) is 4.98. The minimum absolute atomic E-state index is 0.0632. The molecule has 2 amide bonds. The molecule has 3 N–H and O–H groups in total. The molecule has 1 heterocycles. The first kappa shape index (κ1) is 13.5. The first-order valence-corrected chi connectivity index (χ1v) is 6.44. The summed E-state index contributed by atoms with van der Waals surface area (Å²) in [6, 6.07) is 8.46. The first-order valence-electron chi connectivity index (χ1n) is 6.44. The Bertz CT molecular complexity index is 473. The second-order valence-electron chi connectivity index (χ2n) is 4.98. The van der Waals surface area contributed by atoms with E-state index in [2.05, 4.69) is 5.32 Å². The Balaban J connectivity index is 2.13. The van der Waals surface area contributed by atoms with Crippen LogP contribution in [0.4, 0.5) is 5.69 Å². The highest BCUT2D eigenvalue weighted by Gasteiger charge is 2.38. The number of anilines is 1. The van der Waals surface area contributed by atoms with Gasteiger partial charge in [-0.15, -0.1) is 0 Å². The summed E-state index contributed by atoms with van der Waals surface area (Å²) in [6.07, 6.45) is 0.603. The normalized spacial score (nSPS) is 24.4. The van der Waals surface area contributed by atoms with E-state index in [0.29, 0.717) is 6.42 Å². The number of carbonyl (C=O) groups excluding carboxylic acids is 2. The van der Waals surface area contributed by atoms with Crippen LogP contribution in [-0.2, 0) is 9.59 Å². The lowest BCUT2D eigenvalue weighted by atomic mass is 10.2. The molecule has 5 nitrogen and oxygen atoms in total. The van der Waals surface area contributed by atoms with Crippen LogP contribution in [0.2, 0.25) is 0 Å². The maximum atomic E-state index is 12.3. The second kappa shape index (κ2) is 5.40. The summed E-state index contributed by atoms with van der Waals surface area (Å²) < 4.78 is 0. The van der Waals surface area contributed by atoms with Crippen LogP contribution in [0.15, 0.2) is 30.3 Å². The van der Waals surface area contributed by atoms with E-state index >= 15 is 0 Å². The third-order valence-electron chi connectivity index (χ3n) is 3.32. The molecule has 1 fully saturated rings. The highest BCUT2D eigenvalue weighted by Crippen LogP contribution is 2.26. The molecule has 0 radical (unpaired) electrons. The maximum Gasteiger partial charge on any atom is 0.249 e. The molecule has 0 bridgehead atoms. The van der Waals surface area contributed by atoms with Gasteiger partial charge in [0.05, 0.1) is 6.04 Å². The van der Waals surface area contributed by atoms with Crippen molar-refractivity contribution in [2.24, 2.45) is 5.73 Å². The van der Waals surface area contributed by atoms with Crippen molar-refractivity contribution in [3.05, 3.63) is 30.3 Å². The largest absolute Gasteiger partial charge is 0.343 e. The lowest BCUT2D eigenvalue weighted by Crippen LogP contribution is -2.47. The Kier molecular flexibility index (Phi) is 3.85. The lowest BCUT2D eigenvalue weighted by Gasteiger charge is -2.21. The molecule has 0 saturated carbocycles. The molecule has 2 rings (SSSR count). The molecule has 5 heteroatoms. The number of rotatable bonds is 3. The molecule has 102 valence electrons. The van der Waals surface area contributed by atoms with E-state index in [0.717, 1.165) is 5.69 Å². The van der Waals surface area contributed by atoms with Crippen molar-refractivity contribution in [3.8, 4) is 0 Å². The molecule has 1 aliphatic heterocycles. The highest BCUT2D eigenvalue weighted by molar-refractivity contribution is 6.02. The van der Waals surface area contributed by atoms with Gasteiger partial charge in [0.25, 0.3) is 0 Å². The van der Waals surface area contributed by atoms with Crippen LogP contribution in [0.1, 0.15) is 20.3 Å². The first-order chi connectivity index (χ1) is 9.00. The number of hydrogen-bond donors (Lipinski definition) is 2. The van der Waals surface area contributed by atoms with Gasteiger partial charge in [-0.3, -0.25) is 9.59 Å². The standard InChI is InChI=1S/C14H19N3O2/c1-9-8-12(16-13(18)10(2)15)14(19)17(9)11-6-4-3-5-7-11/h3-7,9-10,12H,8,15H2,1-2H3,(H,16,18)/t9?,10-,12?/m0/s1. The van der Waals surface area contributed by atoms with Crippen LogP contribution < -0.4 is 16.0 Å². The zero-order chi connectivity index (χ0) is 14.0. The van der Waals surface area contributed by atoms with Crippen molar-refractivity contribution in [2.45, 2.75) is 38.4 Å². The average molecular weight is 261 g/mol. The predicted octanol–water partition coefficient (Wildman–Crippen LogP) is 0.644. The topological polar surface area (TPSA) is 75.4 Å². The molecule has 0 aliphatic carbocycles. The van der Waals surface area contributed by atoms with Gasteiger partial charge in [-0.25, -0.2) is 0 Å². The number of benzene rings is 1. The maximum absolute atomic E-state index is 12.3. The molecule has 19 heavy (non-hydrogen) atoms. The van der Waals surface area contributed by atoms with Crippen LogP contribution in [0.5, 0.6) is 0 Å². The SMILES string of the molecule is CC1CC(NC(=O)[C@H](C)N)C(=O)N1c1ccccc1. The Morgan fingerprint density at radius 3 is 2.63 bits per heavy atom. The van der Waals surface area contributed by atoms with Gasteiger partial charge in [-0.2, -0.15) is 0 Å². The Morgan fingerprint density at radius 2 is 2.05 bits per heavy atom. The lowest BCUT2D eigenvalue weighted by molar-refractivity contribution is -0.127. The fourth-order valence-electron chi connectivity index (χ4n) is 2.33. The van der Waals surface area contributed by atoms with E-state index in [1.807, 2.05) is 37.3 Å². The van der Waals surface area contributed by atoms with E-state index < -0.39 is 12.1 Å². The summed E-state index contributed by atoms with van der Waals surface area (Å²) >= 11 is 0. The van der Waals surface area contributed by atoms with Crippen molar-refractivity contribution in [1.29, 1.82) is 0 Å². The summed E-state index contributed by atoms with van der Waals surface area (Å²) in [5.41, 5.74) is 6.36. The molecule has 1 aromatic rings. The number of amides is 2. The number of nitrogens with one attached hydrogen (secondary N) is 1. The number of para-hydroxylation sites is 1. The van der Waals surface area contributed by atoms with Crippen molar-refractivity contribution < 1.29 is 9.59 Å². The molecular weight excluding hydrogens is 242 g/mol. The van der Waals surface area contributed by atoms with Crippen molar-refractivity contribution >= 4 is 17.5 Å². The van der Waals surface area contributed by atoms with E-state index in [1.54, 1.807) is 11.8 Å². The van der Waals surface area contributed by atoms with Crippen molar-refractivity contribution in [1.82, 2.24) is 5.32 Å². The molecule has 1 saturated heterocycles. The van der Waals surface area contributed by atoms with E-state index in [4.69, 9.17) is 5.73 Å². The highest BCUT2D eigenvalue weighted by atomic mass is 16.2. The van der Waals surface area contributed by atoms with Crippen LogP contribution in [0.3, 0.4) is 0 Å². The Hall–Kier alpha value is -1.88. The molecule has 1 aromatic carbocycles. The Morgan fingerprint density at radius 1 is 1.42 bits per heavy atom. The van der Waals surface area contributed by atoms with Gasteiger partial charge in [0, 0.05) is 11.7 Å². The number of carbonyl (C=O) groups is 2. The van der Waals surface area contributed by atoms with E-state index in [1.165, 1.54) is 0 Å². The summed E-state index contributed by atoms with van der Waals surface area (Å²) in [4.78, 5) is 25.7. The van der Waals surface area contributed by atoms with Gasteiger partial charge >= 0.3 is 0 Å². The van der Waals surface area contributed by atoms with Gasteiger partial charge in [0.1, 0.15) is 6.04 Å². The molecular formula is C14H19N3O2. The number of nitrogens with zero attached hydrogens (tertiary/aromatic N) is 1. The molecule has 2 unspecified atom stereocenters. The van der Waals surface area contributed by atoms with Gasteiger partial charge in [0.2, 0.25) is 11.8 Å². The third kappa shape index (κ3) is 2.76. The molecule has 3 atom stereocenters. The van der Waals surface area contributed by atoms with Gasteiger partial charge < -0.3 is 16.0 Å². The minimum atomic E-state index is -0.603. The van der Waals surface area contributed by atoms with E-state index in [9.17, 15) is 9.59 Å². The van der Waals surface area contributed by atoms with E-state index in [-0.39, 0.29) is 17.9 Å². The summed E-state index contributed by atoms with van der Waals surface area (Å²) in [5.74, 6) is -0.367. The summed E-state index contributed by atoms with van der Waals surface area (Å²) in [7, 11) is 0. The van der Waals surface area contributed by atoms with Crippen molar-refractivity contribution in [2.75, 3.05) is 4.90 Å². The predicted molar refractivity (Wildman–Crippen MR) is 73.6 cm³/mol. The summed E-state index contributed by atoms with van der Waals surface area (Å²) in [6.45, 7) is 3.58. The minimum Gasteiger partial charge on any atom is -0.343 e. The van der Waals surface area contributed by atoms with Gasteiger partial charge in [0.15, 0.2) is 0 Å². The third-order valence-corrected chi connectivity index (χ3v) is 3.32. The molecule has 1 aliphatic rings. The smallest absolute Gasteiger partial charge is 0.249 e. The van der Waals surface area contributed by atoms with Crippen LogP contribution in [-0.4, -0.2) is 29.9 Å². The Labute approximate surface area is 112 Å². The van der Waals surface area contributed by atoms with Gasteiger partial charge in [-0.05, 0) is 32.4 Å². The monoisotopic (exact) mass is 261 g/mol. The quantitative estimate of drug-likeness (QED) is 0.838. The molecule has 0 spiro atoms. The average Bonchev–Trinajstić information content (AvgIpc) is 2.65. The number of hydrogen-bond acceptors (Lipinski definition) is 3. The zero-order valence-electron chi connectivity index (χ0n) is 11.2. The van der Waals surface area contributed by atoms with Crippen LogP contribution in [0.25, 0.3) is 0 Å². The van der Waals surface area contributed by atoms with Crippen LogP contribution in [0, 0.1) is 0 Å². The molecule has 0 aromatic heterocycles. The fraction of sp³-hybridized carbons (Fsp3) is 0.429. The summed E-state index contributed by atoms with van der Waals surface area (Å²) in [5, 5.41) is 2.70. The zero-order valence-corrected chi connectivity index (χ0v) is 11.2. The van der Waals surface area contributed by atoms with Gasteiger partial charge in [-0.1, -0.05) is 18.2 Å². The fourth-order valence-corrected chi connectivity index (χ4v) is 2.33. The van der Waals surface area contributed by atoms with Crippen molar-refractivity contribution in [3.63, 3.8) is 0 Å². The number of nitrogens with two attached hydrogens (primary N) is 1.